The summed E-state index contributed by atoms with van der Waals surface area (Å²) < 4.78 is 5.79. The maximum atomic E-state index is 13.2. The molecule has 0 saturated heterocycles. The number of carbonyl (C=O) groups is 2. The van der Waals surface area contributed by atoms with Crippen molar-refractivity contribution in [3.05, 3.63) is 83.7 Å². The van der Waals surface area contributed by atoms with E-state index in [9.17, 15) is 14.7 Å². The van der Waals surface area contributed by atoms with E-state index in [1.54, 1.807) is 37.9 Å². The van der Waals surface area contributed by atoms with Gasteiger partial charge in [0.1, 0.15) is 28.8 Å². The Hall–Kier alpha value is -4.15. The first-order valence-corrected chi connectivity index (χ1v) is 11.4. The molecule has 0 aliphatic carbocycles. The molecule has 4 rings (SSSR count). The summed E-state index contributed by atoms with van der Waals surface area (Å²) in [5.74, 6) is 6.20. The molecule has 0 bridgehead atoms. The SMILES string of the molecule is CN1C(=O)C(NC(=O)c2cc(Oc3ccccc3)ccn2)CCc2ccc(C#CC(C)(C)O)cc21. The summed E-state index contributed by atoms with van der Waals surface area (Å²) >= 11 is 0. The van der Waals surface area contributed by atoms with Gasteiger partial charge < -0.3 is 20.1 Å². The van der Waals surface area contributed by atoms with Crippen LogP contribution in [-0.2, 0) is 11.2 Å². The van der Waals surface area contributed by atoms with Gasteiger partial charge in [-0.25, -0.2) is 0 Å². The minimum atomic E-state index is -1.11. The molecule has 0 spiro atoms. The van der Waals surface area contributed by atoms with Gasteiger partial charge in [0.2, 0.25) is 5.91 Å². The first kappa shape index (κ1) is 24.0. The molecular formula is C28H27N3O4. The monoisotopic (exact) mass is 469 g/mol. The summed E-state index contributed by atoms with van der Waals surface area (Å²) in [6.45, 7) is 3.23. The largest absolute Gasteiger partial charge is 0.457 e. The normalized spacial score (nSPS) is 15.4. The Kier molecular flexibility index (Phi) is 6.85. The quantitative estimate of drug-likeness (QED) is 0.569. The molecule has 1 atom stereocenters. The topological polar surface area (TPSA) is 91.8 Å². The van der Waals surface area contributed by atoms with Crippen molar-refractivity contribution >= 4 is 17.5 Å². The number of nitrogens with zero attached hydrogens (tertiary/aromatic N) is 2. The second-order valence-electron chi connectivity index (χ2n) is 8.91. The van der Waals surface area contributed by atoms with Crippen LogP contribution in [0.15, 0.2) is 66.9 Å². The fourth-order valence-electron chi connectivity index (χ4n) is 3.76. The Balaban J connectivity index is 1.48. The van der Waals surface area contributed by atoms with E-state index in [4.69, 9.17) is 4.74 Å². The average molecular weight is 470 g/mol. The van der Waals surface area contributed by atoms with Crippen LogP contribution < -0.4 is 15.0 Å². The third-order valence-corrected chi connectivity index (χ3v) is 5.54. The lowest BCUT2D eigenvalue weighted by Crippen LogP contribution is -2.46. The number of amides is 2. The molecule has 0 radical (unpaired) electrons. The number of fused-ring (bicyclic) bond motifs is 1. The Bertz CT molecular complexity index is 1300. The summed E-state index contributed by atoms with van der Waals surface area (Å²) in [4.78, 5) is 31.8. The number of aliphatic hydroxyl groups is 1. The van der Waals surface area contributed by atoms with Crippen LogP contribution in [0.5, 0.6) is 11.5 Å². The third-order valence-electron chi connectivity index (χ3n) is 5.54. The van der Waals surface area contributed by atoms with E-state index in [1.807, 2.05) is 48.5 Å². The first-order chi connectivity index (χ1) is 16.7. The Labute approximate surface area is 204 Å². The molecule has 1 aliphatic rings. The highest BCUT2D eigenvalue weighted by Crippen LogP contribution is 2.28. The summed E-state index contributed by atoms with van der Waals surface area (Å²) in [6.07, 6.45) is 2.57. The lowest BCUT2D eigenvalue weighted by Gasteiger charge is -2.22. The third kappa shape index (κ3) is 6.05. The van der Waals surface area contributed by atoms with Crippen LogP contribution in [0.3, 0.4) is 0 Å². The zero-order chi connectivity index (χ0) is 25.0. The number of benzene rings is 2. The zero-order valence-electron chi connectivity index (χ0n) is 19.9. The average Bonchev–Trinajstić information content (AvgIpc) is 2.95. The maximum absolute atomic E-state index is 13.2. The van der Waals surface area contributed by atoms with Crippen molar-refractivity contribution in [2.24, 2.45) is 0 Å². The van der Waals surface area contributed by atoms with Crippen molar-refractivity contribution < 1.29 is 19.4 Å². The molecule has 1 unspecified atom stereocenters. The lowest BCUT2D eigenvalue weighted by atomic mass is 10.0. The summed E-state index contributed by atoms with van der Waals surface area (Å²) in [5, 5.41) is 12.7. The zero-order valence-corrected chi connectivity index (χ0v) is 19.9. The molecule has 178 valence electrons. The van der Waals surface area contributed by atoms with Gasteiger partial charge in [0.05, 0.1) is 0 Å². The molecule has 2 N–H and O–H groups in total. The van der Waals surface area contributed by atoms with Crippen LogP contribution in [0.25, 0.3) is 0 Å². The number of pyridine rings is 1. The highest BCUT2D eigenvalue weighted by molar-refractivity contribution is 6.02. The van der Waals surface area contributed by atoms with Crippen molar-refractivity contribution in [3.63, 3.8) is 0 Å². The Morgan fingerprint density at radius 2 is 1.91 bits per heavy atom. The summed E-state index contributed by atoms with van der Waals surface area (Å²) in [6, 6.07) is 17.4. The first-order valence-electron chi connectivity index (χ1n) is 11.4. The maximum Gasteiger partial charge on any atom is 0.270 e. The van der Waals surface area contributed by atoms with E-state index in [-0.39, 0.29) is 11.6 Å². The van der Waals surface area contributed by atoms with E-state index < -0.39 is 17.6 Å². The second kappa shape index (κ2) is 10.00. The Morgan fingerprint density at radius 3 is 2.66 bits per heavy atom. The predicted molar refractivity (Wildman–Crippen MR) is 133 cm³/mol. The van der Waals surface area contributed by atoms with E-state index in [2.05, 4.69) is 22.1 Å². The molecule has 35 heavy (non-hydrogen) atoms. The van der Waals surface area contributed by atoms with E-state index >= 15 is 0 Å². The van der Waals surface area contributed by atoms with Crippen molar-refractivity contribution in [1.82, 2.24) is 10.3 Å². The number of aryl methyl sites for hydroxylation is 1. The molecule has 3 aromatic rings. The van der Waals surface area contributed by atoms with Crippen molar-refractivity contribution in [2.45, 2.75) is 38.3 Å². The number of anilines is 1. The van der Waals surface area contributed by atoms with E-state index in [0.717, 1.165) is 11.3 Å². The fraction of sp³-hybridized carbons (Fsp3) is 0.250. The van der Waals surface area contributed by atoms with Crippen molar-refractivity contribution in [3.8, 4) is 23.3 Å². The number of rotatable bonds is 4. The van der Waals surface area contributed by atoms with Gasteiger partial charge in [0.15, 0.2) is 0 Å². The van der Waals surface area contributed by atoms with Gasteiger partial charge in [0.25, 0.3) is 5.91 Å². The van der Waals surface area contributed by atoms with E-state index in [1.165, 1.54) is 6.20 Å². The van der Waals surface area contributed by atoms with E-state index in [0.29, 0.717) is 29.9 Å². The molecule has 1 aromatic heterocycles. The Morgan fingerprint density at radius 1 is 1.14 bits per heavy atom. The van der Waals surface area contributed by atoms with Crippen molar-refractivity contribution in [1.29, 1.82) is 0 Å². The molecule has 0 saturated carbocycles. The molecule has 7 nitrogen and oxygen atoms in total. The molecule has 0 fully saturated rings. The fourth-order valence-corrected chi connectivity index (χ4v) is 3.76. The van der Waals surface area contributed by atoms with Gasteiger partial charge in [-0.05, 0) is 62.6 Å². The van der Waals surface area contributed by atoms with Crippen LogP contribution in [0, 0.1) is 11.8 Å². The second-order valence-corrected chi connectivity index (χ2v) is 8.91. The molecule has 1 aliphatic heterocycles. The number of para-hydroxylation sites is 1. The highest BCUT2D eigenvalue weighted by atomic mass is 16.5. The van der Waals surface area contributed by atoms with Gasteiger partial charge in [-0.15, -0.1) is 0 Å². The van der Waals surface area contributed by atoms with Gasteiger partial charge in [-0.2, -0.15) is 0 Å². The van der Waals surface area contributed by atoms with Crippen LogP contribution >= 0.6 is 0 Å². The summed E-state index contributed by atoms with van der Waals surface area (Å²) in [7, 11) is 1.69. The van der Waals surface area contributed by atoms with Crippen molar-refractivity contribution in [2.75, 3.05) is 11.9 Å². The molecule has 7 heteroatoms. The molecule has 2 aromatic carbocycles. The molecular weight excluding hydrogens is 442 g/mol. The highest BCUT2D eigenvalue weighted by Gasteiger charge is 2.30. The van der Waals surface area contributed by atoms with Crippen LogP contribution in [0.2, 0.25) is 0 Å². The number of carbonyl (C=O) groups excluding carboxylic acids is 2. The smallest absolute Gasteiger partial charge is 0.270 e. The van der Waals surface area contributed by atoms with Crippen LogP contribution in [0.4, 0.5) is 5.69 Å². The predicted octanol–water partition coefficient (Wildman–Crippen LogP) is 3.70. The lowest BCUT2D eigenvalue weighted by molar-refractivity contribution is -0.120. The van der Waals surface area contributed by atoms with Gasteiger partial charge in [-0.1, -0.05) is 36.1 Å². The minimum Gasteiger partial charge on any atom is -0.457 e. The number of hydrogen-bond acceptors (Lipinski definition) is 5. The number of aromatic nitrogens is 1. The van der Waals surface area contributed by atoms with Gasteiger partial charge in [-0.3, -0.25) is 14.6 Å². The number of ether oxygens (including phenoxy) is 1. The molecule has 2 heterocycles. The molecule has 2 amide bonds. The number of nitrogens with one attached hydrogen (secondary N) is 1. The standard InChI is InChI=1S/C28H27N3O4/c1-28(2,34)15-13-19-9-10-20-11-12-23(27(33)31(3)25(20)17-19)30-26(32)24-18-22(14-16-29-24)35-21-7-5-4-6-8-21/h4-10,14,16-18,23,34H,11-12H2,1-3H3,(H,30,32). The van der Waals surface area contributed by atoms with Gasteiger partial charge in [0, 0.05) is 30.6 Å². The van der Waals surface area contributed by atoms with Gasteiger partial charge >= 0.3 is 0 Å². The number of likely N-dealkylation sites (N-methyl/N-ethyl adjacent to an activating group) is 1. The summed E-state index contributed by atoms with van der Waals surface area (Å²) in [5.41, 5.74) is 1.49. The minimum absolute atomic E-state index is 0.167. The number of hydrogen-bond donors (Lipinski definition) is 2. The van der Waals surface area contributed by atoms with Crippen LogP contribution in [0.1, 0.15) is 41.9 Å². The van der Waals surface area contributed by atoms with Crippen LogP contribution in [-0.4, -0.2) is 40.6 Å².